The second-order valence-corrected chi connectivity index (χ2v) is 4.56. The molecule has 0 aromatic rings. The summed E-state index contributed by atoms with van der Waals surface area (Å²) in [7, 11) is 0. The molecule has 92 valence electrons. The molecular formula is C10H18N2O4. The first-order chi connectivity index (χ1) is 7.43. The van der Waals surface area contributed by atoms with Crippen LogP contribution in [0.4, 0.5) is 4.79 Å². The van der Waals surface area contributed by atoms with Gasteiger partial charge < -0.3 is 20.8 Å². The number of aliphatic hydroxyl groups is 1. The zero-order chi connectivity index (χ0) is 12.2. The van der Waals surface area contributed by atoms with Crippen LogP contribution in [0.15, 0.2) is 0 Å². The summed E-state index contributed by atoms with van der Waals surface area (Å²) in [5, 5.41) is 22.5. The highest BCUT2D eigenvalue weighted by Gasteiger charge is 2.37. The van der Waals surface area contributed by atoms with Gasteiger partial charge in [-0.3, -0.25) is 0 Å². The van der Waals surface area contributed by atoms with Crippen LogP contribution in [-0.2, 0) is 4.79 Å². The number of aliphatic hydroxyl groups excluding tert-OH is 1. The molecule has 1 fully saturated rings. The standard InChI is InChI=1S/C10H18N2O4/c1-10(3-4-10)6-12-9(16)11-5-2-7(13)8(14)15/h7,13H,2-6H2,1H3,(H,14,15)(H2,11,12,16). The number of hydrogen-bond donors (Lipinski definition) is 4. The Hall–Kier alpha value is -1.30. The molecule has 1 aliphatic carbocycles. The predicted molar refractivity (Wildman–Crippen MR) is 57.0 cm³/mol. The normalized spacial score (nSPS) is 18.6. The van der Waals surface area contributed by atoms with Gasteiger partial charge in [-0.15, -0.1) is 0 Å². The van der Waals surface area contributed by atoms with E-state index in [1.54, 1.807) is 0 Å². The largest absolute Gasteiger partial charge is 0.479 e. The summed E-state index contributed by atoms with van der Waals surface area (Å²) in [6.07, 6.45) is 0.858. The van der Waals surface area contributed by atoms with E-state index in [0.717, 1.165) is 12.8 Å². The minimum absolute atomic E-state index is 0.0139. The first-order valence-corrected chi connectivity index (χ1v) is 5.35. The maximum absolute atomic E-state index is 11.2. The van der Waals surface area contributed by atoms with E-state index in [2.05, 4.69) is 17.6 Å². The molecule has 0 aromatic carbocycles. The molecule has 6 nitrogen and oxygen atoms in total. The van der Waals surface area contributed by atoms with Crippen molar-refractivity contribution in [3.05, 3.63) is 0 Å². The van der Waals surface area contributed by atoms with Crippen molar-refractivity contribution in [2.75, 3.05) is 13.1 Å². The number of carboxylic acids is 1. The van der Waals surface area contributed by atoms with Crippen LogP contribution in [-0.4, -0.2) is 41.4 Å². The van der Waals surface area contributed by atoms with Gasteiger partial charge in [-0.1, -0.05) is 6.92 Å². The maximum Gasteiger partial charge on any atom is 0.332 e. The van der Waals surface area contributed by atoms with Crippen LogP contribution in [0.2, 0.25) is 0 Å². The number of nitrogens with one attached hydrogen (secondary N) is 2. The van der Waals surface area contributed by atoms with Crippen molar-refractivity contribution in [2.24, 2.45) is 5.41 Å². The van der Waals surface area contributed by atoms with Gasteiger partial charge in [0.25, 0.3) is 0 Å². The number of aliphatic carboxylic acids is 1. The third-order valence-electron chi connectivity index (χ3n) is 2.77. The van der Waals surface area contributed by atoms with Gasteiger partial charge in [-0.05, 0) is 18.3 Å². The molecule has 4 N–H and O–H groups in total. The highest BCUT2D eigenvalue weighted by molar-refractivity contribution is 5.74. The third kappa shape index (κ3) is 4.48. The summed E-state index contributed by atoms with van der Waals surface area (Å²) in [6, 6.07) is -0.314. The second kappa shape index (κ2) is 5.16. The summed E-state index contributed by atoms with van der Waals surface area (Å²) < 4.78 is 0. The number of rotatable bonds is 6. The van der Waals surface area contributed by atoms with E-state index in [9.17, 15) is 9.59 Å². The van der Waals surface area contributed by atoms with Crippen LogP contribution < -0.4 is 10.6 Å². The first kappa shape index (κ1) is 12.8. The molecule has 6 heteroatoms. The molecule has 0 radical (unpaired) electrons. The average molecular weight is 230 g/mol. The van der Waals surface area contributed by atoms with Crippen molar-refractivity contribution in [1.82, 2.24) is 10.6 Å². The lowest BCUT2D eigenvalue weighted by Gasteiger charge is -2.11. The van der Waals surface area contributed by atoms with E-state index >= 15 is 0 Å². The van der Waals surface area contributed by atoms with Gasteiger partial charge in [-0.2, -0.15) is 0 Å². The van der Waals surface area contributed by atoms with Gasteiger partial charge >= 0.3 is 12.0 Å². The Balaban J connectivity index is 2.04. The highest BCUT2D eigenvalue weighted by atomic mass is 16.4. The Labute approximate surface area is 94.0 Å². The first-order valence-electron chi connectivity index (χ1n) is 5.35. The number of carbonyl (C=O) groups excluding carboxylic acids is 1. The minimum atomic E-state index is -1.42. The van der Waals surface area contributed by atoms with Crippen molar-refractivity contribution >= 4 is 12.0 Å². The van der Waals surface area contributed by atoms with Gasteiger partial charge in [-0.25, -0.2) is 9.59 Å². The molecule has 0 bridgehead atoms. The molecule has 1 rings (SSSR count). The summed E-state index contributed by atoms with van der Waals surface area (Å²) >= 11 is 0. The molecule has 0 saturated heterocycles. The fourth-order valence-corrected chi connectivity index (χ4v) is 1.19. The summed E-state index contributed by atoms with van der Waals surface area (Å²) in [6.45, 7) is 2.89. The topological polar surface area (TPSA) is 98.7 Å². The monoisotopic (exact) mass is 230 g/mol. The van der Waals surface area contributed by atoms with Gasteiger partial charge in [0.2, 0.25) is 0 Å². The highest BCUT2D eigenvalue weighted by Crippen LogP contribution is 2.43. The van der Waals surface area contributed by atoms with Crippen molar-refractivity contribution in [3.63, 3.8) is 0 Å². The fourth-order valence-electron chi connectivity index (χ4n) is 1.19. The van der Waals surface area contributed by atoms with Crippen molar-refractivity contribution < 1.29 is 19.8 Å². The molecule has 1 unspecified atom stereocenters. The van der Waals surface area contributed by atoms with E-state index in [1.807, 2.05) is 0 Å². The zero-order valence-electron chi connectivity index (χ0n) is 9.32. The Kier molecular flexibility index (Phi) is 4.12. The lowest BCUT2D eigenvalue weighted by Crippen LogP contribution is -2.39. The summed E-state index contributed by atoms with van der Waals surface area (Å²) in [5.41, 5.74) is 0.248. The van der Waals surface area contributed by atoms with Crippen LogP contribution in [0.5, 0.6) is 0 Å². The van der Waals surface area contributed by atoms with Crippen molar-refractivity contribution in [1.29, 1.82) is 0 Å². The van der Waals surface area contributed by atoms with Gasteiger partial charge in [0.1, 0.15) is 0 Å². The Morgan fingerprint density at radius 1 is 1.38 bits per heavy atom. The predicted octanol–water partition coefficient (Wildman–Crippen LogP) is -0.0787. The van der Waals surface area contributed by atoms with Crippen molar-refractivity contribution in [3.8, 4) is 0 Å². The molecule has 0 aromatic heterocycles. The molecule has 0 heterocycles. The number of carboxylic acid groups (broad SMARTS) is 1. The lowest BCUT2D eigenvalue weighted by atomic mass is 10.1. The smallest absolute Gasteiger partial charge is 0.332 e. The van der Waals surface area contributed by atoms with Crippen LogP contribution in [0, 0.1) is 5.41 Å². The van der Waals surface area contributed by atoms with E-state index in [4.69, 9.17) is 10.2 Å². The second-order valence-electron chi connectivity index (χ2n) is 4.56. The molecule has 16 heavy (non-hydrogen) atoms. The molecule has 1 saturated carbocycles. The average Bonchev–Trinajstić information content (AvgIpc) is 2.94. The molecule has 1 aliphatic rings. The Bertz CT molecular complexity index is 276. The number of amides is 2. The van der Waals surface area contributed by atoms with E-state index in [0.29, 0.717) is 6.54 Å². The van der Waals surface area contributed by atoms with E-state index in [-0.39, 0.29) is 24.4 Å². The van der Waals surface area contributed by atoms with Gasteiger partial charge in [0.15, 0.2) is 6.10 Å². The van der Waals surface area contributed by atoms with Crippen LogP contribution in [0.1, 0.15) is 26.2 Å². The molecule has 0 aliphatic heterocycles. The number of hydrogen-bond acceptors (Lipinski definition) is 3. The summed E-state index contributed by atoms with van der Waals surface area (Å²) in [4.78, 5) is 21.5. The molecule has 2 amide bonds. The molecular weight excluding hydrogens is 212 g/mol. The SMILES string of the molecule is CC1(CNC(=O)NCCC(O)C(=O)O)CC1. The van der Waals surface area contributed by atoms with Crippen LogP contribution in [0.25, 0.3) is 0 Å². The van der Waals surface area contributed by atoms with Gasteiger partial charge in [0.05, 0.1) is 0 Å². The number of carbonyl (C=O) groups is 2. The molecule has 1 atom stereocenters. The third-order valence-corrected chi connectivity index (χ3v) is 2.77. The van der Waals surface area contributed by atoms with Crippen molar-refractivity contribution in [2.45, 2.75) is 32.3 Å². The van der Waals surface area contributed by atoms with Gasteiger partial charge in [0, 0.05) is 19.5 Å². The fraction of sp³-hybridized carbons (Fsp3) is 0.800. The van der Waals surface area contributed by atoms with E-state index in [1.165, 1.54) is 0 Å². The number of urea groups is 1. The Morgan fingerprint density at radius 2 is 2.00 bits per heavy atom. The summed E-state index contributed by atoms with van der Waals surface area (Å²) in [5.74, 6) is -1.27. The zero-order valence-corrected chi connectivity index (χ0v) is 9.32. The lowest BCUT2D eigenvalue weighted by molar-refractivity contribution is -0.146. The van der Waals surface area contributed by atoms with Crippen LogP contribution in [0.3, 0.4) is 0 Å². The minimum Gasteiger partial charge on any atom is -0.479 e. The Morgan fingerprint density at radius 3 is 2.50 bits per heavy atom. The maximum atomic E-state index is 11.2. The quantitative estimate of drug-likeness (QED) is 0.513. The van der Waals surface area contributed by atoms with E-state index < -0.39 is 12.1 Å². The van der Waals surface area contributed by atoms with Crippen LogP contribution >= 0.6 is 0 Å². The molecule has 0 spiro atoms.